The fraction of sp³-hybridized carbons (Fsp3) is 0.0769. The van der Waals surface area contributed by atoms with Gasteiger partial charge in [0, 0.05) is 0 Å². The van der Waals surface area contributed by atoms with Crippen LogP contribution in [0.4, 0.5) is 0 Å². The molecule has 1 aromatic carbocycles. The van der Waals surface area contributed by atoms with Gasteiger partial charge >= 0.3 is 0 Å². The van der Waals surface area contributed by atoms with Gasteiger partial charge in [0.25, 0.3) is 5.91 Å². The molecule has 4 N–H and O–H groups in total. The van der Waals surface area contributed by atoms with Crippen LogP contribution in [-0.4, -0.2) is 17.0 Å². The third-order valence-corrected chi connectivity index (χ3v) is 4.21. The molecule has 1 unspecified atom stereocenters. The highest BCUT2D eigenvalue weighted by Crippen LogP contribution is 2.31. The van der Waals surface area contributed by atoms with E-state index in [1.165, 1.54) is 6.07 Å². The Labute approximate surface area is 135 Å². The second-order valence-corrected chi connectivity index (χ2v) is 6.37. The number of hydrogen-bond acceptors (Lipinski definition) is 4. The summed E-state index contributed by atoms with van der Waals surface area (Å²) in [5, 5.41) is 14.5. The highest BCUT2D eigenvalue weighted by Gasteiger charge is 2.22. The number of benzene rings is 1. The maximum absolute atomic E-state index is 12.2. The van der Waals surface area contributed by atoms with Crippen molar-refractivity contribution in [1.82, 2.24) is 5.32 Å². The van der Waals surface area contributed by atoms with Gasteiger partial charge in [0.1, 0.15) is 10.4 Å². The number of amidine groups is 1. The standard InChI is InChI=1S/C13H11Cl2N3O2S/c14-9-6-8(11(15)21-9)13(19)17-10(12(16)18-20)7-4-2-1-3-5-7/h1-6,10,20H,(H2,16,18)(H,17,19). The Morgan fingerprint density at radius 2 is 2.00 bits per heavy atom. The number of amides is 1. The molecule has 0 radical (unpaired) electrons. The number of thiophene rings is 1. The zero-order valence-electron chi connectivity index (χ0n) is 10.6. The van der Waals surface area contributed by atoms with Crippen LogP contribution in [0.25, 0.3) is 0 Å². The molecule has 1 heterocycles. The fourth-order valence-electron chi connectivity index (χ4n) is 1.74. The van der Waals surface area contributed by atoms with Crippen molar-refractivity contribution in [3.63, 3.8) is 0 Å². The summed E-state index contributed by atoms with van der Waals surface area (Å²) in [5.41, 5.74) is 6.58. The molecule has 0 spiro atoms. The molecule has 110 valence electrons. The molecule has 8 heteroatoms. The topological polar surface area (TPSA) is 87.7 Å². The number of carbonyl (C=O) groups is 1. The smallest absolute Gasteiger partial charge is 0.254 e. The fourth-order valence-corrected chi connectivity index (χ4v) is 3.19. The molecular weight excluding hydrogens is 333 g/mol. The van der Waals surface area contributed by atoms with E-state index in [-0.39, 0.29) is 15.7 Å². The number of nitrogens with zero attached hydrogens (tertiary/aromatic N) is 1. The van der Waals surface area contributed by atoms with E-state index in [0.717, 1.165) is 11.3 Å². The largest absolute Gasteiger partial charge is 0.409 e. The zero-order chi connectivity index (χ0) is 15.4. The lowest BCUT2D eigenvalue weighted by atomic mass is 10.1. The highest BCUT2D eigenvalue weighted by atomic mass is 35.5. The molecule has 2 rings (SSSR count). The van der Waals surface area contributed by atoms with Crippen LogP contribution in [0.2, 0.25) is 8.67 Å². The van der Waals surface area contributed by atoms with E-state index >= 15 is 0 Å². The van der Waals surface area contributed by atoms with Gasteiger partial charge in [-0.25, -0.2) is 0 Å². The van der Waals surface area contributed by atoms with Crippen molar-refractivity contribution < 1.29 is 10.0 Å². The van der Waals surface area contributed by atoms with Crippen LogP contribution in [0.3, 0.4) is 0 Å². The summed E-state index contributed by atoms with van der Waals surface area (Å²) < 4.78 is 0.689. The maximum Gasteiger partial charge on any atom is 0.254 e. The maximum atomic E-state index is 12.2. The van der Waals surface area contributed by atoms with Crippen molar-refractivity contribution in [2.24, 2.45) is 10.9 Å². The molecule has 1 atom stereocenters. The minimum absolute atomic E-state index is 0.132. The number of carbonyl (C=O) groups excluding carboxylic acids is 1. The van der Waals surface area contributed by atoms with E-state index in [1.54, 1.807) is 24.3 Å². The van der Waals surface area contributed by atoms with Gasteiger partial charge in [-0.05, 0) is 11.6 Å². The van der Waals surface area contributed by atoms with Crippen LogP contribution in [-0.2, 0) is 0 Å². The molecule has 0 aliphatic rings. The van der Waals surface area contributed by atoms with E-state index in [1.807, 2.05) is 6.07 Å². The third kappa shape index (κ3) is 3.66. The summed E-state index contributed by atoms with van der Waals surface area (Å²) in [4.78, 5) is 12.2. The Bertz CT molecular complexity index is 673. The first-order valence-corrected chi connectivity index (χ1v) is 7.38. The lowest BCUT2D eigenvalue weighted by Gasteiger charge is -2.17. The van der Waals surface area contributed by atoms with Crippen molar-refractivity contribution in [2.45, 2.75) is 6.04 Å². The number of nitrogens with one attached hydrogen (secondary N) is 1. The molecule has 0 aliphatic heterocycles. The second kappa shape index (κ2) is 6.80. The van der Waals surface area contributed by atoms with E-state index in [2.05, 4.69) is 10.5 Å². The lowest BCUT2D eigenvalue weighted by molar-refractivity contribution is 0.0946. The molecular formula is C13H11Cl2N3O2S. The number of halogens is 2. The number of rotatable bonds is 4. The van der Waals surface area contributed by atoms with Crippen LogP contribution in [0.15, 0.2) is 41.6 Å². The van der Waals surface area contributed by atoms with Gasteiger partial charge in [-0.15, -0.1) is 11.3 Å². The normalized spacial score (nSPS) is 13.0. The number of oxime groups is 1. The first-order valence-electron chi connectivity index (χ1n) is 5.81. The molecule has 21 heavy (non-hydrogen) atoms. The monoisotopic (exact) mass is 343 g/mol. The van der Waals surface area contributed by atoms with Gasteiger partial charge in [0.15, 0.2) is 5.84 Å². The summed E-state index contributed by atoms with van der Waals surface area (Å²) in [6, 6.07) is 9.61. The van der Waals surface area contributed by atoms with Crippen LogP contribution >= 0.6 is 34.5 Å². The lowest BCUT2D eigenvalue weighted by Crippen LogP contribution is -2.37. The molecule has 1 aromatic heterocycles. The summed E-state index contributed by atoms with van der Waals surface area (Å²) in [7, 11) is 0. The predicted octanol–water partition coefficient (Wildman–Crippen LogP) is 3.27. The number of hydrogen-bond donors (Lipinski definition) is 3. The van der Waals surface area contributed by atoms with Gasteiger partial charge < -0.3 is 16.3 Å². The Hall–Kier alpha value is -1.76. The molecule has 0 fully saturated rings. The molecule has 0 bridgehead atoms. The van der Waals surface area contributed by atoms with Crippen molar-refractivity contribution in [3.8, 4) is 0 Å². The van der Waals surface area contributed by atoms with Crippen LogP contribution in [0.1, 0.15) is 22.0 Å². The van der Waals surface area contributed by atoms with Gasteiger partial charge in [0.05, 0.1) is 9.90 Å². The summed E-state index contributed by atoms with van der Waals surface area (Å²) in [6.45, 7) is 0. The summed E-state index contributed by atoms with van der Waals surface area (Å²) in [6.07, 6.45) is 0. The highest BCUT2D eigenvalue weighted by molar-refractivity contribution is 7.20. The molecule has 1 amide bonds. The zero-order valence-corrected chi connectivity index (χ0v) is 12.9. The second-order valence-electron chi connectivity index (χ2n) is 4.08. The predicted molar refractivity (Wildman–Crippen MR) is 84.4 cm³/mol. The van der Waals surface area contributed by atoms with Gasteiger partial charge in [-0.2, -0.15) is 0 Å². The molecule has 0 saturated heterocycles. The molecule has 2 aromatic rings. The van der Waals surface area contributed by atoms with Crippen LogP contribution in [0, 0.1) is 0 Å². The van der Waals surface area contributed by atoms with E-state index in [4.69, 9.17) is 34.1 Å². The van der Waals surface area contributed by atoms with Crippen molar-refractivity contribution in [1.29, 1.82) is 0 Å². The number of nitrogens with two attached hydrogens (primary N) is 1. The van der Waals surface area contributed by atoms with E-state index in [0.29, 0.717) is 9.90 Å². The van der Waals surface area contributed by atoms with Crippen molar-refractivity contribution in [2.75, 3.05) is 0 Å². The van der Waals surface area contributed by atoms with Gasteiger partial charge in [-0.3, -0.25) is 4.79 Å². The first-order chi connectivity index (χ1) is 10.0. The first kappa shape index (κ1) is 15.6. The summed E-state index contributed by atoms with van der Waals surface area (Å²) in [5.74, 6) is -0.587. The Morgan fingerprint density at radius 3 is 2.52 bits per heavy atom. The Kier molecular flexibility index (Phi) is 5.06. The average Bonchev–Trinajstić information content (AvgIpc) is 2.83. The van der Waals surface area contributed by atoms with E-state index < -0.39 is 11.9 Å². The Balaban J connectivity index is 2.28. The Morgan fingerprint density at radius 1 is 1.33 bits per heavy atom. The summed E-state index contributed by atoms with van der Waals surface area (Å²) >= 11 is 12.9. The SMILES string of the molecule is N/C(=N/O)C(NC(=O)c1cc(Cl)sc1Cl)c1ccccc1. The van der Waals surface area contributed by atoms with Crippen LogP contribution in [0.5, 0.6) is 0 Å². The van der Waals surface area contributed by atoms with E-state index in [9.17, 15) is 4.79 Å². The minimum Gasteiger partial charge on any atom is -0.409 e. The van der Waals surface area contributed by atoms with Crippen LogP contribution < -0.4 is 11.1 Å². The van der Waals surface area contributed by atoms with Crippen molar-refractivity contribution in [3.05, 3.63) is 56.2 Å². The molecule has 5 nitrogen and oxygen atoms in total. The molecule has 0 saturated carbocycles. The quantitative estimate of drug-likeness (QED) is 0.344. The minimum atomic E-state index is -0.765. The third-order valence-electron chi connectivity index (χ3n) is 2.72. The van der Waals surface area contributed by atoms with Gasteiger partial charge in [-0.1, -0.05) is 58.7 Å². The van der Waals surface area contributed by atoms with Gasteiger partial charge in [0.2, 0.25) is 0 Å². The van der Waals surface area contributed by atoms with Crippen molar-refractivity contribution >= 4 is 46.3 Å². The average molecular weight is 344 g/mol. The molecule has 0 aliphatic carbocycles.